The lowest BCUT2D eigenvalue weighted by Gasteiger charge is -2.33. The van der Waals surface area contributed by atoms with Crippen LogP contribution in [-0.2, 0) is 14.3 Å². The molecule has 112 valence electrons. The predicted octanol–water partition coefficient (Wildman–Crippen LogP) is 1.06. The van der Waals surface area contributed by atoms with E-state index in [4.69, 9.17) is 15.2 Å². The number of carbonyl (C=O) groups is 1. The Hall–Kier alpha value is -0.650. The molecule has 0 saturated carbocycles. The second kappa shape index (κ2) is 7.82. The van der Waals surface area contributed by atoms with Crippen molar-refractivity contribution >= 4 is 5.91 Å². The van der Waals surface area contributed by atoms with E-state index in [2.05, 4.69) is 19.2 Å². The van der Waals surface area contributed by atoms with Crippen molar-refractivity contribution in [2.24, 2.45) is 11.7 Å². The minimum Gasteiger partial charge on any atom is -0.378 e. The van der Waals surface area contributed by atoms with Gasteiger partial charge in [-0.2, -0.15) is 0 Å². The number of rotatable bonds is 8. The first-order chi connectivity index (χ1) is 8.98. The molecule has 19 heavy (non-hydrogen) atoms. The predicted molar refractivity (Wildman–Crippen MR) is 74.9 cm³/mol. The van der Waals surface area contributed by atoms with Crippen LogP contribution in [-0.4, -0.2) is 43.9 Å². The van der Waals surface area contributed by atoms with Gasteiger partial charge in [-0.05, 0) is 25.7 Å². The summed E-state index contributed by atoms with van der Waals surface area (Å²) in [6.07, 6.45) is 2.76. The van der Waals surface area contributed by atoms with Gasteiger partial charge >= 0.3 is 0 Å². The van der Waals surface area contributed by atoms with E-state index in [9.17, 15) is 4.79 Å². The molecule has 0 radical (unpaired) electrons. The zero-order chi connectivity index (χ0) is 14.3. The highest BCUT2D eigenvalue weighted by Gasteiger charge is 2.28. The van der Waals surface area contributed by atoms with Crippen LogP contribution in [0.25, 0.3) is 0 Å². The van der Waals surface area contributed by atoms with Crippen LogP contribution in [0.3, 0.4) is 0 Å². The van der Waals surface area contributed by atoms with Crippen molar-refractivity contribution in [3.05, 3.63) is 0 Å². The summed E-state index contributed by atoms with van der Waals surface area (Å²) in [7, 11) is 0. The Bertz CT molecular complexity index is 278. The first-order valence-electron chi connectivity index (χ1n) is 7.18. The van der Waals surface area contributed by atoms with E-state index in [0.29, 0.717) is 32.1 Å². The number of hydrogen-bond donors (Lipinski definition) is 2. The Labute approximate surface area is 116 Å². The summed E-state index contributed by atoms with van der Waals surface area (Å²) >= 11 is 0. The average Bonchev–Trinajstić information content (AvgIpc) is 2.87. The standard InChI is InChI=1S/C14H28N2O3/c1-11(2)14(3,10-15)16-13(17)6-8-18-9-12-5-4-7-19-12/h11-12H,4-10,15H2,1-3H3,(H,16,17). The molecule has 1 fully saturated rings. The Morgan fingerprint density at radius 3 is 2.84 bits per heavy atom. The third-order valence-corrected chi connectivity index (χ3v) is 3.92. The van der Waals surface area contributed by atoms with Gasteiger partial charge in [0.1, 0.15) is 0 Å². The third-order valence-electron chi connectivity index (χ3n) is 3.92. The number of hydrogen-bond acceptors (Lipinski definition) is 4. The quantitative estimate of drug-likeness (QED) is 0.648. The highest BCUT2D eigenvalue weighted by Crippen LogP contribution is 2.15. The second-order valence-electron chi connectivity index (χ2n) is 5.78. The van der Waals surface area contributed by atoms with Crippen molar-refractivity contribution in [1.82, 2.24) is 5.32 Å². The zero-order valence-electron chi connectivity index (χ0n) is 12.4. The van der Waals surface area contributed by atoms with E-state index in [1.54, 1.807) is 0 Å². The first-order valence-corrected chi connectivity index (χ1v) is 7.18. The summed E-state index contributed by atoms with van der Waals surface area (Å²) in [4.78, 5) is 11.8. The SMILES string of the molecule is CC(C)C(C)(CN)NC(=O)CCOCC1CCCO1. The maximum absolute atomic E-state index is 11.8. The van der Waals surface area contributed by atoms with Crippen LogP contribution in [0.1, 0.15) is 40.0 Å². The molecule has 1 heterocycles. The van der Waals surface area contributed by atoms with Crippen molar-refractivity contribution in [3.8, 4) is 0 Å². The summed E-state index contributed by atoms with van der Waals surface area (Å²) < 4.78 is 10.9. The number of amides is 1. The molecule has 1 aliphatic rings. The Balaban J connectivity index is 2.16. The molecule has 1 amide bonds. The third kappa shape index (κ3) is 5.47. The lowest BCUT2D eigenvalue weighted by Crippen LogP contribution is -2.55. The number of nitrogens with one attached hydrogen (secondary N) is 1. The number of nitrogens with two attached hydrogens (primary N) is 1. The molecule has 0 aromatic carbocycles. The van der Waals surface area contributed by atoms with Crippen molar-refractivity contribution in [1.29, 1.82) is 0 Å². The normalized spacial score (nSPS) is 22.5. The van der Waals surface area contributed by atoms with Crippen LogP contribution in [0.5, 0.6) is 0 Å². The van der Waals surface area contributed by atoms with E-state index in [1.807, 2.05) is 6.92 Å². The minimum absolute atomic E-state index is 0.00556. The molecule has 2 unspecified atom stereocenters. The molecule has 0 aliphatic carbocycles. The van der Waals surface area contributed by atoms with Gasteiger partial charge in [-0.15, -0.1) is 0 Å². The molecule has 1 aliphatic heterocycles. The van der Waals surface area contributed by atoms with Crippen molar-refractivity contribution in [3.63, 3.8) is 0 Å². The maximum Gasteiger partial charge on any atom is 0.222 e. The fraction of sp³-hybridized carbons (Fsp3) is 0.929. The van der Waals surface area contributed by atoms with Crippen molar-refractivity contribution < 1.29 is 14.3 Å². The van der Waals surface area contributed by atoms with E-state index in [1.165, 1.54) is 0 Å². The average molecular weight is 272 g/mol. The van der Waals surface area contributed by atoms with Crippen LogP contribution >= 0.6 is 0 Å². The summed E-state index contributed by atoms with van der Waals surface area (Å²) in [6.45, 7) is 8.38. The van der Waals surface area contributed by atoms with Gasteiger partial charge in [0.25, 0.3) is 0 Å². The smallest absolute Gasteiger partial charge is 0.222 e. The number of carbonyl (C=O) groups excluding carboxylic acids is 1. The van der Waals surface area contributed by atoms with E-state index in [0.717, 1.165) is 19.4 Å². The zero-order valence-corrected chi connectivity index (χ0v) is 12.4. The monoisotopic (exact) mass is 272 g/mol. The van der Waals surface area contributed by atoms with Crippen LogP contribution in [0.4, 0.5) is 0 Å². The van der Waals surface area contributed by atoms with Gasteiger partial charge in [-0.3, -0.25) is 4.79 Å². The fourth-order valence-corrected chi connectivity index (χ4v) is 1.97. The maximum atomic E-state index is 11.8. The van der Waals surface area contributed by atoms with Crippen LogP contribution in [0.15, 0.2) is 0 Å². The van der Waals surface area contributed by atoms with E-state index in [-0.39, 0.29) is 17.6 Å². The highest BCUT2D eigenvalue weighted by atomic mass is 16.5. The molecule has 1 rings (SSSR count). The van der Waals surface area contributed by atoms with Gasteiger partial charge in [0.15, 0.2) is 0 Å². The number of ether oxygens (including phenoxy) is 2. The van der Waals surface area contributed by atoms with Gasteiger partial charge in [0, 0.05) is 19.6 Å². The molecule has 0 aromatic rings. The Morgan fingerprint density at radius 1 is 1.58 bits per heavy atom. The molecule has 3 N–H and O–H groups in total. The Kier molecular flexibility index (Phi) is 6.75. The van der Waals surface area contributed by atoms with Gasteiger partial charge < -0.3 is 20.5 Å². The van der Waals surface area contributed by atoms with Gasteiger partial charge in [0.2, 0.25) is 5.91 Å². The fourth-order valence-electron chi connectivity index (χ4n) is 1.97. The lowest BCUT2D eigenvalue weighted by atomic mass is 9.88. The Morgan fingerprint density at radius 2 is 2.32 bits per heavy atom. The van der Waals surface area contributed by atoms with E-state index >= 15 is 0 Å². The summed E-state index contributed by atoms with van der Waals surface area (Å²) in [6, 6.07) is 0. The molecule has 5 heteroatoms. The minimum atomic E-state index is -0.342. The van der Waals surface area contributed by atoms with Gasteiger partial charge in [0.05, 0.1) is 24.9 Å². The summed E-state index contributed by atoms with van der Waals surface area (Å²) in [5, 5.41) is 3.00. The van der Waals surface area contributed by atoms with E-state index < -0.39 is 0 Å². The summed E-state index contributed by atoms with van der Waals surface area (Å²) in [5.41, 5.74) is 5.39. The van der Waals surface area contributed by atoms with Gasteiger partial charge in [-0.1, -0.05) is 13.8 Å². The molecular formula is C14H28N2O3. The molecule has 0 aromatic heterocycles. The van der Waals surface area contributed by atoms with Crippen molar-refractivity contribution in [2.45, 2.75) is 51.7 Å². The molecule has 5 nitrogen and oxygen atoms in total. The highest BCUT2D eigenvalue weighted by molar-refractivity contribution is 5.76. The van der Waals surface area contributed by atoms with Gasteiger partial charge in [-0.25, -0.2) is 0 Å². The topological polar surface area (TPSA) is 73.6 Å². The molecule has 2 atom stereocenters. The van der Waals surface area contributed by atoms with Crippen LogP contribution < -0.4 is 11.1 Å². The van der Waals surface area contributed by atoms with Crippen LogP contribution in [0.2, 0.25) is 0 Å². The molecule has 0 spiro atoms. The molecule has 1 saturated heterocycles. The molecular weight excluding hydrogens is 244 g/mol. The second-order valence-corrected chi connectivity index (χ2v) is 5.78. The first kappa shape index (κ1) is 16.4. The van der Waals surface area contributed by atoms with Crippen molar-refractivity contribution in [2.75, 3.05) is 26.4 Å². The van der Waals surface area contributed by atoms with Crippen LogP contribution in [0, 0.1) is 5.92 Å². The largest absolute Gasteiger partial charge is 0.378 e. The molecule has 0 bridgehead atoms. The lowest BCUT2D eigenvalue weighted by molar-refractivity contribution is -0.124. The summed E-state index contributed by atoms with van der Waals surface area (Å²) in [5.74, 6) is 0.295.